The Kier molecular flexibility index (Phi) is 3.30. The lowest BCUT2D eigenvalue weighted by Crippen LogP contribution is -2.10. The molecule has 0 saturated heterocycles. The van der Waals surface area contributed by atoms with E-state index in [1.165, 1.54) is 31.3 Å². The Morgan fingerprint density at radius 1 is 1.27 bits per heavy atom. The third kappa shape index (κ3) is 2.53. The first-order chi connectivity index (χ1) is 7.27. The van der Waals surface area contributed by atoms with Crippen LogP contribution >= 0.6 is 0 Å². The van der Waals surface area contributed by atoms with Crippen LogP contribution in [0, 0.1) is 11.8 Å². The van der Waals surface area contributed by atoms with Crippen molar-refractivity contribution >= 4 is 0 Å². The Morgan fingerprint density at radius 2 is 2.13 bits per heavy atom. The van der Waals surface area contributed by atoms with Crippen molar-refractivity contribution in [2.24, 2.45) is 11.8 Å². The number of hydrogen-bond acceptors (Lipinski definition) is 1. The molecule has 0 heterocycles. The molecule has 2 rings (SSSR count). The van der Waals surface area contributed by atoms with Gasteiger partial charge in [0.2, 0.25) is 0 Å². The van der Waals surface area contributed by atoms with E-state index in [1.807, 2.05) is 6.08 Å². The topological polar surface area (TPSA) is 20.2 Å². The average Bonchev–Trinajstić information content (AvgIpc) is 2.50. The zero-order valence-electron chi connectivity index (χ0n) is 9.45. The minimum Gasteiger partial charge on any atom is -0.512 e. The summed E-state index contributed by atoms with van der Waals surface area (Å²) in [5.41, 5.74) is 1.50. The molecule has 0 amide bonds. The lowest BCUT2D eigenvalue weighted by molar-refractivity contribution is 0.331. The molecule has 82 valence electrons. The van der Waals surface area contributed by atoms with Crippen LogP contribution in [0.25, 0.3) is 0 Å². The van der Waals surface area contributed by atoms with Gasteiger partial charge in [-0.3, -0.25) is 0 Å². The second-order valence-electron chi connectivity index (χ2n) is 4.76. The van der Waals surface area contributed by atoms with Crippen molar-refractivity contribution in [3.63, 3.8) is 0 Å². The third-order valence-corrected chi connectivity index (χ3v) is 3.50. The highest BCUT2D eigenvalue weighted by Gasteiger charge is 2.19. The second kappa shape index (κ2) is 4.69. The molecular formula is C14H20O. The maximum atomic E-state index is 9.55. The van der Waals surface area contributed by atoms with Gasteiger partial charge in [-0.1, -0.05) is 37.1 Å². The molecule has 0 aromatic rings. The lowest BCUT2D eigenvalue weighted by Gasteiger charge is -2.22. The number of aliphatic hydroxyl groups excluding tert-OH is 1. The molecule has 0 aromatic carbocycles. The molecule has 0 bridgehead atoms. The zero-order chi connectivity index (χ0) is 10.7. The summed E-state index contributed by atoms with van der Waals surface area (Å²) in [7, 11) is 0. The molecule has 0 radical (unpaired) electrons. The van der Waals surface area contributed by atoms with E-state index in [2.05, 4.69) is 25.2 Å². The van der Waals surface area contributed by atoms with Crippen LogP contribution in [0.3, 0.4) is 0 Å². The van der Waals surface area contributed by atoms with E-state index in [1.54, 1.807) is 0 Å². The van der Waals surface area contributed by atoms with Gasteiger partial charge in [0.25, 0.3) is 0 Å². The van der Waals surface area contributed by atoms with Gasteiger partial charge in [-0.05, 0) is 37.7 Å². The Balaban J connectivity index is 2.10. The van der Waals surface area contributed by atoms with Crippen molar-refractivity contribution < 1.29 is 5.11 Å². The first-order valence-corrected chi connectivity index (χ1v) is 6.03. The smallest absolute Gasteiger partial charge is 0.0953 e. The van der Waals surface area contributed by atoms with Gasteiger partial charge < -0.3 is 5.11 Å². The van der Waals surface area contributed by atoms with Crippen molar-refractivity contribution in [1.29, 1.82) is 0 Å². The van der Waals surface area contributed by atoms with Gasteiger partial charge in [0, 0.05) is 5.92 Å². The van der Waals surface area contributed by atoms with Crippen LogP contribution in [-0.4, -0.2) is 5.11 Å². The summed E-state index contributed by atoms with van der Waals surface area (Å²) in [5, 5.41) is 9.55. The predicted molar refractivity (Wildman–Crippen MR) is 63.7 cm³/mol. The summed E-state index contributed by atoms with van der Waals surface area (Å²) in [5.74, 6) is 1.47. The fourth-order valence-corrected chi connectivity index (χ4v) is 2.45. The standard InChI is InChI=1S/C14H20O/c1-11-10-13(8-9-14(11)15)12-6-4-2-3-5-7-12/h4,6,8-9,11-12,15H,2-3,5,7,10H2,1H3. The van der Waals surface area contributed by atoms with Gasteiger partial charge in [-0.2, -0.15) is 0 Å². The normalized spacial score (nSPS) is 31.8. The van der Waals surface area contributed by atoms with Crippen LogP contribution in [0.2, 0.25) is 0 Å². The Labute approximate surface area is 92.2 Å². The molecule has 0 aromatic heterocycles. The summed E-state index contributed by atoms with van der Waals surface area (Å²) < 4.78 is 0. The van der Waals surface area contributed by atoms with Crippen LogP contribution in [0.5, 0.6) is 0 Å². The summed E-state index contributed by atoms with van der Waals surface area (Å²) in [4.78, 5) is 0. The molecule has 15 heavy (non-hydrogen) atoms. The van der Waals surface area contributed by atoms with Crippen molar-refractivity contribution in [3.8, 4) is 0 Å². The van der Waals surface area contributed by atoms with Crippen molar-refractivity contribution in [1.82, 2.24) is 0 Å². The lowest BCUT2D eigenvalue weighted by atomic mass is 9.84. The van der Waals surface area contributed by atoms with Gasteiger partial charge in [0.15, 0.2) is 0 Å². The molecule has 2 unspecified atom stereocenters. The molecule has 2 aliphatic carbocycles. The number of aliphatic hydroxyl groups is 1. The highest BCUT2D eigenvalue weighted by molar-refractivity contribution is 5.27. The minimum absolute atomic E-state index is 0.307. The molecule has 1 N–H and O–H groups in total. The maximum absolute atomic E-state index is 9.55. The van der Waals surface area contributed by atoms with Gasteiger partial charge in [-0.25, -0.2) is 0 Å². The first kappa shape index (κ1) is 10.5. The monoisotopic (exact) mass is 204 g/mol. The highest BCUT2D eigenvalue weighted by atomic mass is 16.3. The predicted octanol–water partition coefficient (Wildman–Crippen LogP) is 4.14. The van der Waals surface area contributed by atoms with Crippen LogP contribution in [0.15, 0.2) is 35.6 Å². The van der Waals surface area contributed by atoms with Crippen LogP contribution in [0.4, 0.5) is 0 Å². The molecule has 0 saturated carbocycles. The molecule has 2 atom stereocenters. The Morgan fingerprint density at radius 3 is 2.93 bits per heavy atom. The number of hydrogen-bond donors (Lipinski definition) is 1. The number of allylic oxidation sites excluding steroid dienone is 6. The molecule has 0 spiro atoms. The summed E-state index contributed by atoms with van der Waals surface area (Å²) in [6, 6.07) is 0. The van der Waals surface area contributed by atoms with Gasteiger partial charge in [-0.15, -0.1) is 0 Å². The van der Waals surface area contributed by atoms with Crippen LogP contribution in [0.1, 0.15) is 39.0 Å². The number of rotatable bonds is 1. The van der Waals surface area contributed by atoms with Gasteiger partial charge in [0.05, 0.1) is 5.76 Å². The molecule has 1 heteroatoms. The summed E-state index contributed by atoms with van der Waals surface area (Å²) in [6.45, 7) is 2.10. The zero-order valence-corrected chi connectivity index (χ0v) is 9.45. The minimum atomic E-state index is 0.307. The highest BCUT2D eigenvalue weighted by Crippen LogP contribution is 2.32. The first-order valence-electron chi connectivity index (χ1n) is 6.03. The van der Waals surface area contributed by atoms with E-state index >= 15 is 0 Å². The third-order valence-electron chi connectivity index (χ3n) is 3.50. The summed E-state index contributed by atoms with van der Waals surface area (Å²) in [6.07, 6.45) is 14.9. The fraction of sp³-hybridized carbons (Fsp3) is 0.571. The van der Waals surface area contributed by atoms with Gasteiger partial charge in [0.1, 0.15) is 0 Å². The molecule has 1 nitrogen and oxygen atoms in total. The second-order valence-corrected chi connectivity index (χ2v) is 4.76. The fourth-order valence-electron chi connectivity index (χ4n) is 2.45. The van der Waals surface area contributed by atoms with E-state index < -0.39 is 0 Å². The van der Waals surface area contributed by atoms with Crippen LogP contribution < -0.4 is 0 Å². The Bertz CT molecular complexity index is 309. The largest absolute Gasteiger partial charge is 0.512 e. The average molecular weight is 204 g/mol. The van der Waals surface area contributed by atoms with Gasteiger partial charge >= 0.3 is 0 Å². The maximum Gasteiger partial charge on any atom is 0.0953 e. The molecule has 2 aliphatic rings. The van der Waals surface area contributed by atoms with E-state index in [-0.39, 0.29) is 0 Å². The van der Waals surface area contributed by atoms with Crippen molar-refractivity contribution in [2.75, 3.05) is 0 Å². The molecular weight excluding hydrogens is 184 g/mol. The van der Waals surface area contributed by atoms with E-state index in [0.717, 1.165) is 6.42 Å². The van der Waals surface area contributed by atoms with Crippen molar-refractivity contribution in [2.45, 2.75) is 39.0 Å². The summed E-state index contributed by atoms with van der Waals surface area (Å²) >= 11 is 0. The molecule has 0 aliphatic heterocycles. The molecule has 0 fully saturated rings. The van der Waals surface area contributed by atoms with E-state index in [9.17, 15) is 5.11 Å². The van der Waals surface area contributed by atoms with E-state index in [4.69, 9.17) is 0 Å². The quantitative estimate of drug-likeness (QED) is 0.636. The SMILES string of the molecule is CC1CC(C2C=CCCCC2)=CC=C1O. The van der Waals surface area contributed by atoms with E-state index in [0.29, 0.717) is 17.6 Å². The van der Waals surface area contributed by atoms with Crippen molar-refractivity contribution in [3.05, 3.63) is 35.6 Å². The Hall–Kier alpha value is -0.980. The van der Waals surface area contributed by atoms with Crippen LogP contribution in [-0.2, 0) is 0 Å².